The normalized spacial score (nSPS) is 14.1. The number of phenolic OH excluding ortho intramolecular Hbond substituents is 1. The maximum Gasteiger partial charge on any atom is 0.342 e. The highest BCUT2D eigenvalue weighted by Crippen LogP contribution is 2.25. The molecule has 3 rings (SSSR count). The zero-order valence-corrected chi connectivity index (χ0v) is 18.3. The smallest absolute Gasteiger partial charge is 0.342 e. The number of nitrogens with one attached hydrogen (secondary N) is 1. The minimum atomic E-state index is -3.95. The minimum Gasteiger partial charge on any atom is -0.507 e. The lowest BCUT2D eigenvalue weighted by Crippen LogP contribution is -2.40. The van der Waals surface area contributed by atoms with Crippen molar-refractivity contribution in [2.75, 3.05) is 38.2 Å². The molecular formula is C20H18N4O9S. The molecule has 1 saturated heterocycles. The standard InChI is InChI=1S/C20H18N4O9S/c21-11-13-9-14(24(28)29)1-3-17(13)22-19(26)12-33-20(27)16-10-15(2-4-18(16)25)34(30,31)23-5-7-32-8-6-23/h1-4,9-10,25H,5-8,12H2,(H,22,26). The first-order chi connectivity index (χ1) is 16.1. The van der Waals surface area contributed by atoms with Crippen LogP contribution in [-0.2, 0) is 24.3 Å². The number of carbonyl (C=O) groups excluding carboxylic acids is 2. The van der Waals surface area contributed by atoms with Crippen molar-refractivity contribution < 1.29 is 37.5 Å². The largest absolute Gasteiger partial charge is 0.507 e. The Labute approximate surface area is 193 Å². The monoisotopic (exact) mass is 490 g/mol. The zero-order chi connectivity index (χ0) is 24.9. The molecule has 13 nitrogen and oxygen atoms in total. The molecule has 0 bridgehead atoms. The van der Waals surface area contributed by atoms with E-state index in [0.29, 0.717) is 0 Å². The van der Waals surface area contributed by atoms with Gasteiger partial charge in [0.2, 0.25) is 10.0 Å². The van der Waals surface area contributed by atoms with Gasteiger partial charge < -0.3 is 19.9 Å². The predicted molar refractivity (Wildman–Crippen MR) is 114 cm³/mol. The van der Waals surface area contributed by atoms with Crippen molar-refractivity contribution in [3.63, 3.8) is 0 Å². The number of nitrogens with zero attached hydrogens (tertiary/aromatic N) is 3. The predicted octanol–water partition coefficient (Wildman–Crippen LogP) is 0.988. The number of aromatic hydroxyl groups is 1. The first-order valence-electron chi connectivity index (χ1n) is 9.70. The number of non-ortho nitro benzene ring substituents is 1. The number of anilines is 1. The molecule has 178 valence electrons. The summed E-state index contributed by atoms with van der Waals surface area (Å²) >= 11 is 0. The van der Waals surface area contributed by atoms with Crippen LogP contribution in [0.3, 0.4) is 0 Å². The van der Waals surface area contributed by atoms with Crippen LogP contribution in [0.25, 0.3) is 0 Å². The number of carbonyl (C=O) groups is 2. The number of hydrogen-bond donors (Lipinski definition) is 2. The number of morpholine rings is 1. The second kappa shape index (κ2) is 10.3. The van der Waals surface area contributed by atoms with E-state index in [1.54, 1.807) is 6.07 Å². The average Bonchev–Trinajstić information content (AvgIpc) is 2.83. The summed E-state index contributed by atoms with van der Waals surface area (Å²) in [5, 5.41) is 32.2. The van der Waals surface area contributed by atoms with E-state index in [1.807, 2.05) is 0 Å². The molecule has 0 atom stereocenters. The number of amides is 1. The van der Waals surface area contributed by atoms with E-state index in [9.17, 15) is 33.2 Å². The maximum atomic E-state index is 12.8. The fourth-order valence-electron chi connectivity index (χ4n) is 3.02. The second-order valence-electron chi connectivity index (χ2n) is 6.92. The summed E-state index contributed by atoms with van der Waals surface area (Å²) in [6, 6.07) is 8.04. The molecule has 2 aromatic carbocycles. The number of rotatable bonds is 7. The Morgan fingerprint density at radius 2 is 1.94 bits per heavy atom. The Kier molecular flexibility index (Phi) is 7.41. The molecule has 0 saturated carbocycles. The molecule has 1 fully saturated rings. The molecule has 34 heavy (non-hydrogen) atoms. The number of benzene rings is 2. The van der Waals surface area contributed by atoms with Crippen molar-refractivity contribution in [2.24, 2.45) is 0 Å². The molecule has 2 aromatic rings. The van der Waals surface area contributed by atoms with Gasteiger partial charge in [0.15, 0.2) is 6.61 Å². The molecule has 0 radical (unpaired) electrons. The molecule has 2 N–H and O–H groups in total. The topological polar surface area (TPSA) is 189 Å². The van der Waals surface area contributed by atoms with Crippen molar-refractivity contribution in [1.29, 1.82) is 5.26 Å². The van der Waals surface area contributed by atoms with Gasteiger partial charge in [0.05, 0.1) is 34.3 Å². The summed E-state index contributed by atoms with van der Waals surface area (Å²) in [7, 11) is -3.95. The van der Waals surface area contributed by atoms with Crippen molar-refractivity contribution in [1.82, 2.24) is 4.31 Å². The number of phenols is 1. The summed E-state index contributed by atoms with van der Waals surface area (Å²) in [5.41, 5.74) is -1.01. The first-order valence-corrected chi connectivity index (χ1v) is 11.1. The van der Waals surface area contributed by atoms with E-state index >= 15 is 0 Å². The van der Waals surface area contributed by atoms with E-state index in [2.05, 4.69) is 5.32 Å². The molecule has 1 amide bonds. The third-order valence-electron chi connectivity index (χ3n) is 4.74. The van der Waals surface area contributed by atoms with Gasteiger partial charge in [-0.3, -0.25) is 14.9 Å². The van der Waals surface area contributed by atoms with Gasteiger partial charge in [-0.2, -0.15) is 9.57 Å². The molecular weight excluding hydrogens is 472 g/mol. The summed E-state index contributed by atoms with van der Waals surface area (Å²) in [6.07, 6.45) is 0. The Morgan fingerprint density at radius 3 is 2.59 bits per heavy atom. The zero-order valence-electron chi connectivity index (χ0n) is 17.5. The Hall–Kier alpha value is -4.06. The first kappa shape index (κ1) is 24.6. The van der Waals surface area contributed by atoms with E-state index in [0.717, 1.165) is 36.4 Å². The Balaban J connectivity index is 1.69. The van der Waals surface area contributed by atoms with Crippen LogP contribution < -0.4 is 5.32 Å². The number of ether oxygens (including phenoxy) is 2. The van der Waals surface area contributed by atoms with Crippen molar-refractivity contribution in [3.8, 4) is 11.8 Å². The van der Waals surface area contributed by atoms with Crippen molar-refractivity contribution in [2.45, 2.75) is 4.90 Å². The van der Waals surface area contributed by atoms with Gasteiger partial charge in [0.1, 0.15) is 17.4 Å². The fourth-order valence-corrected chi connectivity index (χ4v) is 4.45. The molecule has 0 aromatic heterocycles. The van der Waals surface area contributed by atoms with Crippen LogP contribution in [0.15, 0.2) is 41.3 Å². The van der Waals surface area contributed by atoms with Crippen LogP contribution in [0.1, 0.15) is 15.9 Å². The maximum absolute atomic E-state index is 12.8. The van der Waals surface area contributed by atoms with Crippen LogP contribution in [-0.4, -0.2) is 67.5 Å². The number of esters is 1. The molecule has 0 unspecified atom stereocenters. The summed E-state index contributed by atoms with van der Waals surface area (Å²) in [6.45, 7) is -0.110. The third kappa shape index (κ3) is 5.46. The lowest BCUT2D eigenvalue weighted by atomic mass is 10.1. The number of hydrogen-bond acceptors (Lipinski definition) is 10. The molecule has 1 heterocycles. The minimum absolute atomic E-state index is 0.0319. The molecule has 1 aliphatic heterocycles. The summed E-state index contributed by atoms with van der Waals surface area (Å²) in [4.78, 5) is 34.4. The van der Waals surface area contributed by atoms with E-state index in [1.165, 1.54) is 4.31 Å². The fraction of sp³-hybridized carbons (Fsp3) is 0.250. The lowest BCUT2D eigenvalue weighted by molar-refractivity contribution is -0.384. The van der Waals surface area contributed by atoms with Gasteiger partial charge in [-0.25, -0.2) is 13.2 Å². The molecule has 1 aliphatic rings. The SMILES string of the molecule is N#Cc1cc([N+](=O)[O-])ccc1NC(=O)COC(=O)c1cc(S(=O)(=O)N2CCOCC2)ccc1O. The molecule has 14 heteroatoms. The number of sulfonamides is 1. The number of nitriles is 1. The highest BCUT2D eigenvalue weighted by atomic mass is 32.2. The van der Waals surface area contributed by atoms with Gasteiger partial charge in [-0.05, 0) is 24.3 Å². The van der Waals surface area contributed by atoms with E-state index < -0.39 is 44.7 Å². The van der Waals surface area contributed by atoms with Crippen LogP contribution in [0.2, 0.25) is 0 Å². The highest BCUT2D eigenvalue weighted by molar-refractivity contribution is 7.89. The summed E-state index contributed by atoms with van der Waals surface area (Å²) in [5.74, 6) is -2.57. The van der Waals surface area contributed by atoms with Gasteiger partial charge in [0, 0.05) is 25.2 Å². The van der Waals surface area contributed by atoms with E-state index in [-0.39, 0.29) is 48.1 Å². The average molecular weight is 490 g/mol. The van der Waals surface area contributed by atoms with Gasteiger partial charge in [0.25, 0.3) is 11.6 Å². The number of nitro groups is 1. The van der Waals surface area contributed by atoms with Crippen molar-refractivity contribution in [3.05, 3.63) is 57.6 Å². The van der Waals surface area contributed by atoms with Crippen LogP contribution in [0.4, 0.5) is 11.4 Å². The third-order valence-corrected chi connectivity index (χ3v) is 6.63. The van der Waals surface area contributed by atoms with Crippen LogP contribution >= 0.6 is 0 Å². The summed E-state index contributed by atoms with van der Waals surface area (Å²) < 4.78 is 36.7. The Morgan fingerprint density at radius 1 is 1.24 bits per heavy atom. The lowest BCUT2D eigenvalue weighted by Gasteiger charge is -2.26. The highest BCUT2D eigenvalue weighted by Gasteiger charge is 2.28. The Bertz CT molecular complexity index is 1280. The van der Waals surface area contributed by atoms with Gasteiger partial charge in [-0.15, -0.1) is 0 Å². The van der Waals surface area contributed by atoms with E-state index in [4.69, 9.17) is 14.7 Å². The molecule has 0 aliphatic carbocycles. The van der Waals surface area contributed by atoms with Gasteiger partial charge >= 0.3 is 5.97 Å². The van der Waals surface area contributed by atoms with Crippen LogP contribution in [0.5, 0.6) is 5.75 Å². The molecule has 0 spiro atoms. The quantitative estimate of drug-likeness (QED) is 0.321. The van der Waals surface area contributed by atoms with Crippen molar-refractivity contribution >= 4 is 33.3 Å². The number of nitro benzene ring substituents is 1. The van der Waals surface area contributed by atoms with Gasteiger partial charge in [-0.1, -0.05) is 0 Å². The second-order valence-corrected chi connectivity index (χ2v) is 8.86. The van der Waals surface area contributed by atoms with Crippen LogP contribution in [0, 0.1) is 21.4 Å².